The average molecular weight is 414 g/mol. The normalized spacial score (nSPS) is 15.3. The van der Waals surface area contributed by atoms with Crippen molar-refractivity contribution in [3.05, 3.63) is 47.7 Å². The molecule has 0 bridgehead atoms. The molecule has 152 valence electrons. The van der Waals surface area contributed by atoms with Crippen LogP contribution in [0.3, 0.4) is 0 Å². The van der Waals surface area contributed by atoms with E-state index < -0.39 is 10.0 Å². The smallest absolute Gasteiger partial charge is 0.245 e. The number of fused-ring (bicyclic) bond motifs is 1. The molecule has 1 aliphatic carbocycles. The van der Waals surface area contributed by atoms with Crippen LogP contribution in [0.2, 0.25) is 0 Å². The van der Waals surface area contributed by atoms with Gasteiger partial charge in [0.25, 0.3) is 0 Å². The molecule has 1 saturated carbocycles. The maximum absolute atomic E-state index is 11.4. The van der Waals surface area contributed by atoms with Gasteiger partial charge in [-0.05, 0) is 56.5 Å². The molecule has 2 heterocycles. The lowest BCUT2D eigenvalue weighted by Crippen LogP contribution is -2.13. The maximum Gasteiger partial charge on any atom is 0.245 e. The Bertz CT molecular complexity index is 1140. The summed E-state index contributed by atoms with van der Waals surface area (Å²) in [4.78, 5) is 13.9. The van der Waals surface area contributed by atoms with Crippen molar-refractivity contribution in [3.8, 4) is 5.88 Å². The minimum atomic E-state index is -3.71. The summed E-state index contributed by atoms with van der Waals surface area (Å²) >= 11 is 0. The lowest BCUT2D eigenvalue weighted by Gasteiger charge is -2.16. The summed E-state index contributed by atoms with van der Waals surface area (Å²) in [7, 11) is -3.71. The predicted molar refractivity (Wildman–Crippen MR) is 110 cm³/mol. The van der Waals surface area contributed by atoms with Crippen molar-refractivity contribution < 1.29 is 13.2 Å². The van der Waals surface area contributed by atoms with Crippen LogP contribution < -0.4 is 15.2 Å². The second-order valence-electron chi connectivity index (χ2n) is 7.14. The van der Waals surface area contributed by atoms with E-state index in [1.165, 1.54) is 25.0 Å². The van der Waals surface area contributed by atoms with E-state index in [4.69, 9.17) is 14.9 Å². The molecule has 3 N–H and O–H groups in total. The molecule has 3 aromatic rings. The summed E-state index contributed by atoms with van der Waals surface area (Å²) in [5, 5.41) is 8.40. The summed E-state index contributed by atoms with van der Waals surface area (Å²) in [5.74, 6) is 1.41. The number of hydrogen-bond acceptors (Lipinski definition) is 7. The van der Waals surface area contributed by atoms with Crippen LogP contribution in [0.4, 0.5) is 5.95 Å². The highest BCUT2D eigenvalue weighted by atomic mass is 32.2. The number of sulfonamides is 1. The molecule has 1 atom stereocenters. The van der Waals surface area contributed by atoms with Gasteiger partial charge in [-0.1, -0.05) is 12.1 Å². The first-order chi connectivity index (χ1) is 13.8. The highest BCUT2D eigenvalue weighted by Crippen LogP contribution is 2.40. The first kappa shape index (κ1) is 19.5. The van der Waals surface area contributed by atoms with Crippen LogP contribution in [0.5, 0.6) is 5.88 Å². The van der Waals surface area contributed by atoms with Gasteiger partial charge >= 0.3 is 0 Å². The molecule has 8 nitrogen and oxygen atoms in total. The Morgan fingerprint density at radius 1 is 1.14 bits per heavy atom. The highest BCUT2D eigenvalue weighted by molar-refractivity contribution is 7.89. The molecule has 1 aromatic carbocycles. The molecular weight excluding hydrogens is 390 g/mol. The molecule has 29 heavy (non-hydrogen) atoms. The van der Waals surface area contributed by atoms with Crippen molar-refractivity contribution in [1.82, 2.24) is 15.0 Å². The number of primary sulfonamides is 1. The van der Waals surface area contributed by atoms with Gasteiger partial charge in [-0.15, -0.1) is 0 Å². The number of aromatic nitrogens is 3. The van der Waals surface area contributed by atoms with Gasteiger partial charge in [-0.3, -0.25) is 0 Å². The molecular formula is C20H23N5O3S. The summed E-state index contributed by atoms with van der Waals surface area (Å²) in [5.41, 5.74) is 3.33. The largest absolute Gasteiger partial charge is 0.476 e. The van der Waals surface area contributed by atoms with Gasteiger partial charge in [0.2, 0.25) is 21.9 Å². The first-order valence-electron chi connectivity index (χ1n) is 9.56. The van der Waals surface area contributed by atoms with Gasteiger partial charge in [0.05, 0.1) is 23.1 Å². The van der Waals surface area contributed by atoms with Crippen molar-refractivity contribution in [1.29, 1.82) is 0 Å². The summed E-state index contributed by atoms with van der Waals surface area (Å²) in [6, 6.07) is 10.2. The Hall–Kier alpha value is -2.78. The molecule has 9 heteroatoms. The van der Waals surface area contributed by atoms with Crippen LogP contribution >= 0.6 is 0 Å². The van der Waals surface area contributed by atoms with Crippen molar-refractivity contribution in [2.45, 2.75) is 43.5 Å². The van der Waals surface area contributed by atoms with E-state index in [0.29, 0.717) is 35.4 Å². The zero-order chi connectivity index (χ0) is 20.6. The van der Waals surface area contributed by atoms with Gasteiger partial charge in [-0.25, -0.2) is 23.5 Å². The van der Waals surface area contributed by atoms with Crippen molar-refractivity contribution in [3.63, 3.8) is 0 Å². The number of pyridine rings is 1. The van der Waals surface area contributed by atoms with E-state index in [-0.39, 0.29) is 10.9 Å². The predicted octanol–water partition coefficient (Wildman–Crippen LogP) is 3.12. The summed E-state index contributed by atoms with van der Waals surface area (Å²) in [6.45, 7) is 4.32. The molecule has 0 aliphatic heterocycles. The SMILES string of the molecule is CCOc1nc(N[C@H](C)c2ccc(S(N)(=O)=O)cc2)nc2ccc(C3CC3)nc12. The molecule has 0 amide bonds. The van der Waals surface area contributed by atoms with Crippen LogP contribution in [-0.4, -0.2) is 30.0 Å². The van der Waals surface area contributed by atoms with Crippen LogP contribution in [0.25, 0.3) is 11.0 Å². The van der Waals surface area contributed by atoms with Crippen LogP contribution in [0, 0.1) is 0 Å². The lowest BCUT2D eigenvalue weighted by molar-refractivity contribution is 0.330. The molecule has 0 unspecified atom stereocenters. The number of anilines is 1. The van der Waals surface area contributed by atoms with Crippen LogP contribution in [-0.2, 0) is 10.0 Å². The topological polar surface area (TPSA) is 120 Å². The molecule has 1 fully saturated rings. The number of ether oxygens (including phenoxy) is 1. The molecule has 1 aliphatic rings. The third kappa shape index (κ3) is 4.30. The number of nitrogens with one attached hydrogen (secondary N) is 1. The standard InChI is InChI=1S/C20H23N5O3S/c1-3-28-19-18-17(11-10-16(23-18)14-4-5-14)24-20(25-19)22-12(2)13-6-8-15(9-7-13)29(21,26)27/h6-12,14H,3-5H2,1-2H3,(H2,21,26,27)(H,22,24,25)/t12-/m1/s1. The molecule has 2 aromatic heterocycles. The molecule has 0 saturated heterocycles. The van der Waals surface area contributed by atoms with Gasteiger partial charge in [0.1, 0.15) is 0 Å². The average Bonchev–Trinajstić information content (AvgIpc) is 3.53. The summed E-state index contributed by atoms with van der Waals surface area (Å²) in [6.07, 6.45) is 2.34. The highest BCUT2D eigenvalue weighted by Gasteiger charge is 2.26. The van der Waals surface area contributed by atoms with Crippen LogP contribution in [0.1, 0.15) is 49.9 Å². The van der Waals surface area contributed by atoms with E-state index >= 15 is 0 Å². The fraction of sp³-hybridized carbons (Fsp3) is 0.350. The first-order valence-corrected chi connectivity index (χ1v) is 11.1. The van der Waals surface area contributed by atoms with E-state index in [9.17, 15) is 8.42 Å². The maximum atomic E-state index is 11.4. The monoisotopic (exact) mass is 413 g/mol. The Balaban J connectivity index is 1.62. The minimum absolute atomic E-state index is 0.0755. The zero-order valence-corrected chi connectivity index (χ0v) is 17.1. The quantitative estimate of drug-likeness (QED) is 0.610. The second kappa shape index (κ2) is 7.57. The number of hydrogen-bond donors (Lipinski definition) is 2. The number of nitrogens with two attached hydrogens (primary N) is 1. The molecule has 0 spiro atoms. The van der Waals surface area contributed by atoms with Gasteiger partial charge < -0.3 is 10.1 Å². The van der Waals surface area contributed by atoms with Crippen molar-refractivity contribution in [2.75, 3.05) is 11.9 Å². The Morgan fingerprint density at radius 2 is 1.86 bits per heavy atom. The van der Waals surface area contributed by atoms with E-state index in [1.807, 2.05) is 26.0 Å². The van der Waals surface area contributed by atoms with Gasteiger partial charge in [-0.2, -0.15) is 4.98 Å². The number of nitrogens with zero attached hydrogens (tertiary/aromatic N) is 3. The van der Waals surface area contributed by atoms with Crippen molar-refractivity contribution >= 4 is 27.0 Å². The fourth-order valence-corrected chi connectivity index (χ4v) is 3.65. The third-order valence-electron chi connectivity index (χ3n) is 4.86. The third-order valence-corrected chi connectivity index (χ3v) is 5.79. The molecule has 4 rings (SSSR count). The minimum Gasteiger partial charge on any atom is -0.476 e. The number of rotatable bonds is 7. The van der Waals surface area contributed by atoms with Gasteiger partial charge in [0, 0.05) is 11.6 Å². The lowest BCUT2D eigenvalue weighted by atomic mass is 10.1. The second-order valence-corrected chi connectivity index (χ2v) is 8.70. The molecule has 0 radical (unpaired) electrons. The van der Waals surface area contributed by atoms with E-state index in [0.717, 1.165) is 11.3 Å². The fourth-order valence-electron chi connectivity index (χ4n) is 3.13. The Labute approximate surface area is 169 Å². The number of benzene rings is 1. The Morgan fingerprint density at radius 3 is 2.48 bits per heavy atom. The van der Waals surface area contributed by atoms with Crippen LogP contribution in [0.15, 0.2) is 41.3 Å². The summed E-state index contributed by atoms with van der Waals surface area (Å²) < 4.78 is 28.6. The van der Waals surface area contributed by atoms with E-state index in [2.05, 4.69) is 15.3 Å². The zero-order valence-electron chi connectivity index (χ0n) is 16.3. The van der Waals surface area contributed by atoms with Crippen molar-refractivity contribution in [2.24, 2.45) is 5.14 Å². The van der Waals surface area contributed by atoms with Gasteiger partial charge in [0.15, 0.2) is 5.52 Å². The van der Waals surface area contributed by atoms with E-state index in [1.54, 1.807) is 12.1 Å². The Kier molecular flexibility index (Phi) is 5.10.